The molecule has 1 aliphatic rings. The van der Waals surface area contributed by atoms with Crippen LogP contribution in [0.5, 0.6) is 5.75 Å². The van der Waals surface area contributed by atoms with Crippen molar-refractivity contribution in [2.24, 2.45) is 0 Å². The van der Waals surface area contributed by atoms with Crippen LogP contribution in [0.1, 0.15) is 86.4 Å². The Labute approximate surface area is 203 Å². The van der Waals surface area contributed by atoms with Gasteiger partial charge in [-0.3, -0.25) is 5.32 Å². The predicted octanol–water partition coefficient (Wildman–Crippen LogP) is 5.62. The molecule has 2 aromatic carbocycles. The normalized spacial score (nSPS) is 15.4. The van der Waals surface area contributed by atoms with Crippen LogP contribution in [0.3, 0.4) is 0 Å². The first kappa shape index (κ1) is 25.8. The van der Waals surface area contributed by atoms with Gasteiger partial charge in [0.1, 0.15) is 17.6 Å². The highest BCUT2D eigenvalue weighted by Crippen LogP contribution is 2.33. The summed E-state index contributed by atoms with van der Waals surface area (Å²) < 4.78 is 10.9. The zero-order valence-electron chi connectivity index (χ0n) is 20.7. The Morgan fingerprint density at radius 1 is 1.06 bits per heavy atom. The lowest BCUT2D eigenvalue weighted by Gasteiger charge is -2.33. The summed E-state index contributed by atoms with van der Waals surface area (Å²) in [6, 6.07) is 13.3. The van der Waals surface area contributed by atoms with Crippen molar-refractivity contribution in [1.82, 2.24) is 5.32 Å². The Balaban J connectivity index is 1.90. The van der Waals surface area contributed by atoms with Crippen LogP contribution in [-0.2, 0) is 9.53 Å². The monoisotopic (exact) mass is 466 g/mol. The number of carbonyl (C=O) groups is 2. The fourth-order valence-electron chi connectivity index (χ4n) is 4.64. The van der Waals surface area contributed by atoms with Crippen LogP contribution < -0.4 is 15.0 Å². The lowest BCUT2D eigenvalue weighted by molar-refractivity contribution is -0.109. The second-order valence-corrected chi connectivity index (χ2v) is 8.64. The first-order valence-corrected chi connectivity index (χ1v) is 12.6. The minimum Gasteiger partial charge on any atom is -0.493 e. The Kier molecular flexibility index (Phi) is 9.95. The molecule has 0 aromatic heterocycles. The van der Waals surface area contributed by atoms with Gasteiger partial charge < -0.3 is 19.2 Å². The highest BCUT2D eigenvalue weighted by Gasteiger charge is 2.24. The first-order valence-electron chi connectivity index (χ1n) is 12.6. The van der Waals surface area contributed by atoms with Gasteiger partial charge in [-0.05, 0) is 68.9 Å². The van der Waals surface area contributed by atoms with Gasteiger partial charge in [0.15, 0.2) is 0 Å². The van der Waals surface area contributed by atoms with Crippen molar-refractivity contribution in [3.8, 4) is 5.75 Å². The number of hydrogen-bond donors (Lipinski definition) is 1. The molecule has 0 spiro atoms. The molecule has 34 heavy (non-hydrogen) atoms. The Hall–Kier alpha value is -2.86. The number of rotatable bonds is 12. The van der Waals surface area contributed by atoms with E-state index in [0.717, 1.165) is 37.8 Å². The fourth-order valence-corrected chi connectivity index (χ4v) is 4.64. The van der Waals surface area contributed by atoms with E-state index in [2.05, 4.69) is 41.4 Å². The summed E-state index contributed by atoms with van der Waals surface area (Å²) in [6.07, 6.45) is 6.54. The third-order valence-electron chi connectivity index (χ3n) is 6.26. The molecule has 1 N–H and O–H groups in total. The topological polar surface area (TPSA) is 67.9 Å². The molecule has 6 nitrogen and oxygen atoms in total. The van der Waals surface area contributed by atoms with Crippen LogP contribution in [-0.4, -0.2) is 38.6 Å². The van der Waals surface area contributed by atoms with Gasteiger partial charge in [0.2, 0.25) is 0 Å². The van der Waals surface area contributed by atoms with Crippen molar-refractivity contribution >= 4 is 17.9 Å². The summed E-state index contributed by atoms with van der Waals surface area (Å²) in [7, 11) is 0. The van der Waals surface area contributed by atoms with Crippen molar-refractivity contribution in [2.45, 2.75) is 65.0 Å². The summed E-state index contributed by atoms with van der Waals surface area (Å²) >= 11 is 0. The summed E-state index contributed by atoms with van der Waals surface area (Å²) in [5.74, 6) is 0.0142. The molecule has 0 saturated carbocycles. The van der Waals surface area contributed by atoms with Crippen LogP contribution in [0.2, 0.25) is 0 Å². The van der Waals surface area contributed by atoms with Crippen molar-refractivity contribution in [3.63, 3.8) is 0 Å². The van der Waals surface area contributed by atoms with E-state index in [1.54, 1.807) is 25.1 Å². The van der Waals surface area contributed by atoms with Crippen LogP contribution in [0.25, 0.3) is 0 Å². The van der Waals surface area contributed by atoms with E-state index in [1.807, 2.05) is 6.92 Å². The molecule has 1 aliphatic heterocycles. The lowest BCUT2D eigenvalue weighted by Crippen LogP contribution is -2.33. The van der Waals surface area contributed by atoms with Crippen molar-refractivity contribution < 1.29 is 19.1 Å². The number of nitrogens with one attached hydrogen (secondary N) is 1. The van der Waals surface area contributed by atoms with E-state index in [9.17, 15) is 9.59 Å². The molecule has 2 unspecified atom stereocenters. The third-order valence-corrected chi connectivity index (χ3v) is 6.26. The minimum atomic E-state index is -0.526. The number of ether oxygens (including phenoxy) is 2. The summed E-state index contributed by atoms with van der Waals surface area (Å²) in [5, 5.41) is 3.59. The van der Waals surface area contributed by atoms with E-state index in [4.69, 9.17) is 9.47 Å². The number of hydrogen-bond acceptors (Lipinski definition) is 6. The van der Waals surface area contributed by atoms with Crippen LogP contribution in [0.4, 0.5) is 5.69 Å². The number of carbonyl (C=O) groups excluding carboxylic acids is 2. The Morgan fingerprint density at radius 2 is 1.82 bits per heavy atom. The highest BCUT2D eigenvalue weighted by molar-refractivity contribution is 5.92. The second-order valence-electron chi connectivity index (χ2n) is 8.64. The van der Waals surface area contributed by atoms with Crippen LogP contribution in [0, 0.1) is 0 Å². The summed E-state index contributed by atoms with van der Waals surface area (Å²) in [6.45, 7) is 8.65. The molecule has 0 bridgehead atoms. The van der Waals surface area contributed by atoms with Crippen LogP contribution >= 0.6 is 0 Å². The minimum absolute atomic E-state index is 0.0265. The smallest absolute Gasteiger partial charge is 0.341 e. The van der Waals surface area contributed by atoms with Crippen LogP contribution in [0.15, 0.2) is 42.5 Å². The van der Waals surface area contributed by atoms with Gasteiger partial charge in [0, 0.05) is 24.8 Å². The second kappa shape index (κ2) is 13.1. The molecule has 1 saturated heterocycles. The number of para-hydroxylation sites is 1. The van der Waals surface area contributed by atoms with Crippen molar-refractivity contribution in [3.05, 3.63) is 59.2 Å². The predicted molar refractivity (Wildman–Crippen MR) is 136 cm³/mol. The molecule has 1 heterocycles. The third kappa shape index (κ3) is 6.38. The van der Waals surface area contributed by atoms with Gasteiger partial charge >= 0.3 is 5.97 Å². The van der Waals surface area contributed by atoms with Gasteiger partial charge in [0.25, 0.3) is 0 Å². The molecule has 0 amide bonds. The molecular weight excluding hydrogens is 428 g/mol. The number of nitrogens with zero attached hydrogens (tertiary/aromatic N) is 1. The summed E-state index contributed by atoms with van der Waals surface area (Å²) in [5.41, 5.74) is 3.62. The SMILES string of the molecule is CCCC(NC(C=O)c1ccc(C(=O)OCC)c(OCC)c1)c1ccccc1N1CCCCC1. The average molecular weight is 467 g/mol. The molecule has 0 radical (unpaired) electrons. The van der Waals surface area contributed by atoms with E-state index in [0.29, 0.717) is 24.5 Å². The first-order chi connectivity index (χ1) is 16.6. The maximum absolute atomic E-state index is 12.3. The van der Waals surface area contributed by atoms with E-state index in [-0.39, 0.29) is 6.04 Å². The highest BCUT2D eigenvalue weighted by atomic mass is 16.5. The number of piperidine rings is 1. The van der Waals surface area contributed by atoms with Gasteiger partial charge in [-0.15, -0.1) is 0 Å². The maximum atomic E-state index is 12.3. The number of aldehydes is 1. The largest absolute Gasteiger partial charge is 0.493 e. The van der Waals surface area contributed by atoms with Gasteiger partial charge in [-0.1, -0.05) is 37.6 Å². The molecule has 6 heteroatoms. The van der Waals surface area contributed by atoms with E-state index >= 15 is 0 Å². The van der Waals surface area contributed by atoms with E-state index < -0.39 is 12.0 Å². The Bertz CT molecular complexity index is 940. The van der Waals surface area contributed by atoms with Gasteiger partial charge in [-0.2, -0.15) is 0 Å². The molecule has 3 rings (SSSR count). The zero-order valence-corrected chi connectivity index (χ0v) is 20.7. The number of benzene rings is 2. The maximum Gasteiger partial charge on any atom is 0.341 e. The van der Waals surface area contributed by atoms with Gasteiger partial charge in [-0.25, -0.2) is 4.79 Å². The molecular formula is C28H38N2O4. The standard InChI is InChI=1S/C28H38N2O4/c1-4-12-24(22-13-8-9-14-26(22)30-17-10-7-11-18-30)29-25(20-31)21-15-16-23(28(32)34-6-3)27(19-21)33-5-2/h8-9,13-16,19-20,24-25,29H,4-7,10-12,17-18H2,1-3H3. The molecule has 184 valence electrons. The average Bonchev–Trinajstić information content (AvgIpc) is 2.87. The number of esters is 1. The fraction of sp³-hybridized carbons (Fsp3) is 0.500. The summed E-state index contributed by atoms with van der Waals surface area (Å²) in [4.78, 5) is 27.1. The molecule has 1 fully saturated rings. The lowest BCUT2D eigenvalue weighted by atomic mass is 9.96. The number of anilines is 1. The molecule has 0 aliphatic carbocycles. The quantitative estimate of drug-likeness (QED) is 0.323. The van der Waals surface area contributed by atoms with Crippen molar-refractivity contribution in [1.29, 1.82) is 0 Å². The zero-order chi connectivity index (χ0) is 24.3. The Morgan fingerprint density at radius 3 is 2.50 bits per heavy atom. The van der Waals surface area contributed by atoms with Crippen molar-refractivity contribution in [2.75, 3.05) is 31.2 Å². The molecule has 2 aromatic rings. The van der Waals surface area contributed by atoms with Gasteiger partial charge in [0.05, 0.1) is 19.3 Å². The van der Waals surface area contributed by atoms with E-state index in [1.165, 1.54) is 30.5 Å². The molecule has 2 atom stereocenters.